The molecular formula is C9H14N4O2. The van der Waals surface area contributed by atoms with Crippen molar-refractivity contribution in [3.63, 3.8) is 0 Å². The maximum absolute atomic E-state index is 10.2. The van der Waals surface area contributed by atoms with Crippen molar-refractivity contribution in [3.8, 4) is 0 Å². The minimum Gasteiger partial charge on any atom is -0.465 e. The van der Waals surface area contributed by atoms with Crippen LogP contribution in [0.1, 0.15) is 12.0 Å². The molecule has 0 aliphatic carbocycles. The van der Waals surface area contributed by atoms with E-state index in [1.165, 1.54) is 6.20 Å². The molecule has 0 saturated heterocycles. The molecule has 6 heteroatoms. The van der Waals surface area contributed by atoms with Gasteiger partial charge in [0.2, 0.25) is 0 Å². The zero-order chi connectivity index (χ0) is 11.3. The summed E-state index contributed by atoms with van der Waals surface area (Å²) >= 11 is 0. The molecule has 0 spiro atoms. The van der Waals surface area contributed by atoms with Gasteiger partial charge in [0.15, 0.2) is 0 Å². The van der Waals surface area contributed by atoms with E-state index in [0.29, 0.717) is 30.9 Å². The van der Waals surface area contributed by atoms with E-state index in [9.17, 15) is 4.79 Å². The van der Waals surface area contributed by atoms with Gasteiger partial charge in [-0.15, -0.1) is 0 Å². The van der Waals surface area contributed by atoms with Crippen molar-refractivity contribution in [1.82, 2.24) is 10.3 Å². The number of nitrogens with zero attached hydrogens (tertiary/aromatic N) is 1. The smallest absolute Gasteiger partial charge is 0.404 e. The molecule has 1 amide bonds. The summed E-state index contributed by atoms with van der Waals surface area (Å²) in [5.74, 6) is 0.444. The normalized spacial score (nSPS) is 9.87. The van der Waals surface area contributed by atoms with Crippen LogP contribution in [-0.4, -0.2) is 22.7 Å². The van der Waals surface area contributed by atoms with Crippen molar-refractivity contribution in [1.29, 1.82) is 0 Å². The van der Waals surface area contributed by atoms with E-state index in [-0.39, 0.29) is 0 Å². The highest BCUT2D eigenvalue weighted by Gasteiger charge is 2.01. The highest BCUT2D eigenvalue weighted by atomic mass is 16.4. The molecule has 1 aromatic heterocycles. The third-order valence-electron chi connectivity index (χ3n) is 1.92. The molecule has 0 radical (unpaired) electrons. The van der Waals surface area contributed by atoms with Crippen LogP contribution in [0.15, 0.2) is 12.3 Å². The van der Waals surface area contributed by atoms with Gasteiger partial charge in [0.05, 0.1) is 11.9 Å². The highest BCUT2D eigenvalue weighted by Crippen LogP contribution is 2.13. The zero-order valence-corrected chi connectivity index (χ0v) is 8.23. The van der Waals surface area contributed by atoms with Gasteiger partial charge in [-0.3, -0.25) is 0 Å². The van der Waals surface area contributed by atoms with E-state index in [0.717, 1.165) is 5.56 Å². The van der Waals surface area contributed by atoms with Crippen molar-refractivity contribution >= 4 is 17.6 Å². The van der Waals surface area contributed by atoms with Gasteiger partial charge in [-0.25, -0.2) is 9.78 Å². The summed E-state index contributed by atoms with van der Waals surface area (Å²) < 4.78 is 0. The third-order valence-corrected chi connectivity index (χ3v) is 1.92. The summed E-state index contributed by atoms with van der Waals surface area (Å²) in [4.78, 5) is 14.1. The first-order valence-electron chi connectivity index (χ1n) is 4.56. The van der Waals surface area contributed by atoms with Crippen molar-refractivity contribution in [2.45, 2.75) is 12.8 Å². The quantitative estimate of drug-likeness (QED) is 0.538. The fourth-order valence-corrected chi connectivity index (χ4v) is 1.21. The molecule has 0 saturated carbocycles. The van der Waals surface area contributed by atoms with Crippen LogP contribution < -0.4 is 16.8 Å². The molecule has 0 aliphatic rings. The number of amides is 1. The van der Waals surface area contributed by atoms with Crippen LogP contribution in [0.25, 0.3) is 0 Å². The second-order valence-electron chi connectivity index (χ2n) is 3.15. The minimum atomic E-state index is -1.02. The van der Waals surface area contributed by atoms with E-state index >= 15 is 0 Å². The first kappa shape index (κ1) is 11.1. The molecule has 0 unspecified atom stereocenters. The maximum Gasteiger partial charge on any atom is 0.404 e. The number of nitrogen functional groups attached to an aromatic ring is 2. The van der Waals surface area contributed by atoms with Crippen LogP contribution in [0.2, 0.25) is 0 Å². The zero-order valence-electron chi connectivity index (χ0n) is 8.23. The van der Waals surface area contributed by atoms with Gasteiger partial charge in [0.1, 0.15) is 5.82 Å². The van der Waals surface area contributed by atoms with Crippen LogP contribution in [0.5, 0.6) is 0 Å². The third kappa shape index (κ3) is 3.72. The first-order valence-corrected chi connectivity index (χ1v) is 4.56. The Morgan fingerprint density at radius 1 is 1.53 bits per heavy atom. The summed E-state index contributed by atoms with van der Waals surface area (Å²) in [5, 5.41) is 10.6. The molecule has 0 aliphatic heterocycles. The van der Waals surface area contributed by atoms with E-state index < -0.39 is 6.09 Å². The first-order chi connectivity index (χ1) is 7.09. The lowest BCUT2D eigenvalue weighted by Gasteiger charge is -2.05. The number of aromatic nitrogens is 1. The number of carbonyl (C=O) groups is 1. The molecule has 0 aromatic carbocycles. The Kier molecular flexibility index (Phi) is 3.73. The molecule has 82 valence electrons. The van der Waals surface area contributed by atoms with Crippen LogP contribution >= 0.6 is 0 Å². The topological polar surface area (TPSA) is 114 Å². The van der Waals surface area contributed by atoms with Crippen LogP contribution in [0.4, 0.5) is 16.3 Å². The number of rotatable bonds is 4. The number of nitrogens with two attached hydrogens (primary N) is 2. The largest absolute Gasteiger partial charge is 0.465 e. The van der Waals surface area contributed by atoms with E-state index in [1.807, 2.05) is 0 Å². The van der Waals surface area contributed by atoms with Crippen molar-refractivity contribution in [2.75, 3.05) is 18.0 Å². The van der Waals surface area contributed by atoms with Crippen LogP contribution in [0, 0.1) is 0 Å². The Hall–Kier alpha value is -1.98. The lowest BCUT2D eigenvalue weighted by Crippen LogP contribution is -2.22. The van der Waals surface area contributed by atoms with Gasteiger partial charge in [0.25, 0.3) is 0 Å². The molecule has 1 heterocycles. The maximum atomic E-state index is 10.2. The molecule has 0 fully saturated rings. The Bertz CT molecular complexity index is 354. The van der Waals surface area contributed by atoms with Gasteiger partial charge < -0.3 is 21.9 Å². The average molecular weight is 210 g/mol. The van der Waals surface area contributed by atoms with E-state index in [2.05, 4.69) is 10.3 Å². The van der Waals surface area contributed by atoms with Gasteiger partial charge in [-0.05, 0) is 24.5 Å². The molecule has 15 heavy (non-hydrogen) atoms. The fourth-order valence-electron chi connectivity index (χ4n) is 1.21. The average Bonchev–Trinajstić information content (AvgIpc) is 2.17. The number of carboxylic acid groups (broad SMARTS) is 1. The Labute approximate surface area is 87.3 Å². The monoisotopic (exact) mass is 210 g/mol. The minimum absolute atomic E-state index is 0.392. The molecule has 0 atom stereocenters. The predicted molar refractivity (Wildman–Crippen MR) is 57.4 cm³/mol. The number of aryl methyl sites for hydroxylation is 1. The highest BCUT2D eigenvalue weighted by molar-refractivity contribution is 5.64. The second kappa shape index (κ2) is 5.04. The van der Waals surface area contributed by atoms with E-state index in [4.69, 9.17) is 16.6 Å². The summed E-state index contributed by atoms with van der Waals surface area (Å²) in [7, 11) is 0. The van der Waals surface area contributed by atoms with E-state index in [1.54, 1.807) is 6.07 Å². The fraction of sp³-hybridized carbons (Fsp3) is 0.333. The molecule has 6 nitrogen and oxygen atoms in total. The predicted octanol–water partition coefficient (Wildman–Crippen LogP) is 0.446. The summed E-state index contributed by atoms with van der Waals surface area (Å²) in [5.41, 5.74) is 12.6. The molecular weight excluding hydrogens is 196 g/mol. The molecule has 0 bridgehead atoms. The van der Waals surface area contributed by atoms with Gasteiger partial charge in [0, 0.05) is 6.54 Å². The van der Waals surface area contributed by atoms with Gasteiger partial charge in [-0.1, -0.05) is 0 Å². The lowest BCUT2D eigenvalue weighted by molar-refractivity contribution is 0.194. The molecule has 6 N–H and O–H groups in total. The lowest BCUT2D eigenvalue weighted by atomic mass is 10.1. The van der Waals surface area contributed by atoms with Crippen LogP contribution in [-0.2, 0) is 6.42 Å². The Morgan fingerprint density at radius 2 is 2.27 bits per heavy atom. The van der Waals surface area contributed by atoms with Crippen molar-refractivity contribution < 1.29 is 9.90 Å². The van der Waals surface area contributed by atoms with Crippen LogP contribution in [0.3, 0.4) is 0 Å². The standard InChI is InChI=1S/C9H14N4O2/c10-7-4-6(8(11)13-5-7)2-1-3-12-9(14)15/h4-5,12H,1-3,10H2,(H2,11,13)(H,14,15). The second-order valence-corrected chi connectivity index (χ2v) is 3.15. The molecule has 1 rings (SSSR count). The molecule has 1 aromatic rings. The SMILES string of the molecule is Nc1cnc(N)c(CCCNC(=O)O)c1. The van der Waals surface area contributed by atoms with Crippen molar-refractivity contribution in [3.05, 3.63) is 17.8 Å². The van der Waals surface area contributed by atoms with Gasteiger partial charge in [-0.2, -0.15) is 0 Å². The number of hydrogen-bond acceptors (Lipinski definition) is 4. The number of anilines is 2. The summed E-state index contributed by atoms with van der Waals surface area (Å²) in [6.07, 6.45) is 1.80. The van der Waals surface area contributed by atoms with Gasteiger partial charge >= 0.3 is 6.09 Å². The number of pyridine rings is 1. The number of hydrogen-bond donors (Lipinski definition) is 4. The number of nitrogens with one attached hydrogen (secondary N) is 1. The summed E-state index contributed by atoms with van der Waals surface area (Å²) in [6.45, 7) is 0.392. The van der Waals surface area contributed by atoms with Crippen molar-refractivity contribution in [2.24, 2.45) is 0 Å². The summed E-state index contributed by atoms with van der Waals surface area (Å²) in [6, 6.07) is 1.75. The Balaban J connectivity index is 2.43. The Morgan fingerprint density at radius 3 is 2.93 bits per heavy atom.